The zero-order chi connectivity index (χ0) is 17.5. The summed E-state index contributed by atoms with van der Waals surface area (Å²) in [6, 6.07) is 12.9. The summed E-state index contributed by atoms with van der Waals surface area (Å²) in [6.07, 6.45) is 5.14. The molecule has 6 heteroatoms. The lowest BCUT2D eigenvalue weighted by Crippen LogP contribution is -2.39. The predicted molar refractivity (Wildman–Crippen MR) is 119 cm³/mol. The molecule has 0 bridgehead atoms. The van der Waals surface area contributed by atoms with Crippen molar-refractivity contribution in [3.63, 3.8) is 0 Å². The van der Waals surface area contributed by atoms with Crippen molar-refractivity contribution in [3.8, 4) is 0 Å². The molecule has 2 N–H and O–H groups in total. The summed E-state index contributed by atoms with van der Waals surface area (Å²) < 4.78 is 5.36. The van der Waals surface area contributed by atoms with E-state index in [1.165, 1.54) is 37.2 Å². The van der Waals surface area contributed by atoms with Gasteiger partial charge in [0.1, 0.15) is 5.76 Å². The van der Waals surface area contributed by atoms with Crippen molar-refractivity contribution in [3.05, 3.63) is 54.0 Å². The first kappa shape index (κ1) is 20.6. The molecule has 0 aliphatic carbocycles. The van der Waals surface area contributed by atoms with Crippen molar-refractivity contribution in [2.45, 2.75) is 32.2 Å². The van der Waals surface area contributed by atoms with Gasteiger partial charge in [0.2, 0.25) is 0 Å². The quantitative estimate of drug-likeness (QED) is 0.383. The van der Waals surface area contributed by atoms with Gasteiger partial charge in [-0.1, -0.05) is 12.1 Å². The molecule has 0 saturated carbocycles. The van der Waals surface area contributed by atoms with Gasteiger partial charge in [0, 0.05) is 38.8 Å². The smallest absolute Gasteiger partial charge is 0.191 e. The molecule has 1 atom stereocenters. The standard InChI is InChI=1S/C20H28N4O.HI/c1-16(17-7-5-8-18(15-17)24-12-3-4-13-24)23-20(21-2)22-11-10-19-9-6-14-25-19;/h5-9,14-16H,3-4,10-13H2,1-2H3,(H2,21,22,23);1H. The Morgan fingerprint density at radius 3 is 2.73 bits per heavy atom. The number of aliphatic imine (C=N–C) groups is 1. The number of guanidine groups is 1. The fourth-order valence-corrected chi connectivity index (χ4v) is 3.21. The molecule has 0 spiro atoms. The topological polar surface area (TPSA) is 52.8 Å². The van der Waals surface area contributed by atoms with Crippen LogP contribution >= 0.6 is 24.0 Å². The van der Waals surface area contributed by atoms with E-state index in [-0.39, 0.29) is 30.0 Å². The lowest BCUT2D eigenvalue weighted by atomic mass is 10.1. The number of furan rings is 1. The average molecular weight is 468 g/mol. The van der Waals surface area contributed by atoms with E-state index in [1.54, 1.807) is 13.3 Å². The molecule has 1 unspecified atom stereocenters. The van der Waals surface area contributed by atoms with Crippen molar-refractivity contribution >= 4 is 35.6 Å². The minimum absolute atomic E-state index is 0. The molecule has 1 aliphatic heterocycles. The molecule has 2 aromatic rings. The van der Waals surface area contributed by atoms with Crippen LogP contribution in [0.3, 0.4) is 0 Å². The molecule has 1 saturated heterocycles. The maximum atomic E-state index is 5.36. The van der Waals surface area contributed by atoms with E-state index < -0.39 is 0 Å². The zero-order valence-electron chi connectivity index (χ0n) is 15.6. The maximum Gasteiger partial charge on any atom is 0.191 e. The van der Waals surface area contributed by atoms with Crippen molar-refractivity contribution in [1.29, 1.82) is 0 Å². The van der Waals surface area contributed by atoms with Crippen LogP contribution in [0.1, 0.15) is 37.1 Å². The van der Waals surface area contributed by atoms with Gasteiger partial charge >= 0.3 is 0 Å². The average Bonchev–Trinajstić information content (AvgIpc) is 3.34. The Kier molecular flexibility index (Phi) is 8.28. The van der Waals surface area contributed by atoms with Gasteiger partial charge in [-0.25, -0.2) is 0 Å². The first-order valence-electron chi connectivity index (χ1n) is 9.11. The van der Waals surface area contributed by atoms with E-state index >= 15 is 0 Å². The van der Waals surface area contributed by atoms with Gasteiger partial charge in [-0.2, -0.15) is 0 Å². The molecule has 1 aromatic carbocycles. The number of nitrogens with one attached hydrogen (secondary N) is 2. The van der Waals surface area contributed by atoms with Crippen LogP contribution in [-0.4, -0.2) is 32.6 Å². The summed E-state index contributed by atoms with van der Waals surface area (Å²) in [5.74, 6) is 1.79. The number of benzene rings is 1. The summed E-state index contributed by atoms with van der Waals surface area (Å²) in [7, 11) is 1.80. The first-order chi connectivity index (χ1) is 12.3. The Morgan fingerprint density at radius 1 is 1.23 bits per heavy atom. The molecule has 2 heterocycles. The van der Waals surface area contributed by atoms with Crippen LogP contribution in [0.4, 0.5) is 5.69 Å². The largest absolute Gasteiger partial charge is 0.469 e. The van der Waals surface area contributed by atoms with Gasteiger partial charge in [0.05, 0.1) is 12.3 Å². The van der Waals surface area contributed by atoms with Crippen LogP contribution < -0.4 is 15.5 Å². The van der Waals surface area contributed by atoms with Crippen LogP contribution in [0.15, 0.2) is 52.1 Å². The summed E-state index contributed by atoms with van der Waals surface area (Å²) in [4.78, 5) is 6.79. The number of nitrogens with zero attached hydrogens (tertiary/aromatic N) is 2. The Labute approximate surface area is 173 Å². The van der Waals surface area contributed by atoms with E-state index in [1.807, 2.05) is 12.1 Å². The van der Waals surface area contributed by atoms with Gasteiger partial charge in [0.25, 0.3) is 0 Å². The minimum Gasteiger partial charge on any atom is -0.469 e. The fraction of sp³-hybridized carbons (Fsp3) is 0.450. The number of hydrogen-bond donors (Lipinski definition) is 2. The molecular formula is C20H29IN4O. The summed E-state index contributed by atoms with van der Waals surface area (Å²) in [6.45, 7) is 5.29. The van der Waals surface area contributed by atoms with Crippen LogP contribution in [-0.2, 0) is 6.42 Å². The highest BCUT2D eigenvalue weighted by Gasteiger charge is 2.14. The summed E-state index contributed by atoms with van der Waals surface area (Å²) >= 11 is 0. The molecule has 5 nitrogen and oxygen atoms in total. The number of halogens is 1. The van der Waals surface area contributed by atoms with Crippen molar-refractivity contribution in [2.24, 2.45) is 4.99 Å². The van der Waals surface area contributed by atoms with Crippen molar-refractivity contribution in [2.75, 3.05) is 31.6 Å². The highest BCUT2D eigenvalue weighted by atomic mass is 127. The normalized spacial score (nSPS) is 15.5. The first-order valence-corrected chi connectivity index (χ1v) is 9.11. The molecule has 26 heavy (non-hydrogen) atoms. The zero-order valence-corrected chi connectivity index (χ0v) is 17.9. The highest BCUT2D eigenvalue weighted by molar-refractivity contribution is 14.0. The van der Waals surface area contributed by atoms with E-state index in [4.69, 9.17) is 4.42 Å². The van der Waals surface area contributed by atoms with Crippen LogP contribution in [0.25, 0.3) is 0 Å². The number of hydrogen-bond acceptors (Lipinski definition) is 3. The van der Waals surface area contributed by atoms with E-state index in [0.29, 0.717) is 0 Å². The van der Waals surface area contributed by atoms with E-state index in [2.05, 4.69) is 51.7 Å². The van der Waals surface area contributed by atoms with Crippen molar-refractivity contribution in [1.82, 2.24) is 10.6 Å². The number of anilines is 1. The van der Waals surface area contributed by atoms with Gasteiger partial charge < -0.3 is 20.0 Å². The molecule has 1 aromatic heterocycles. The molecule has 142 valence electrons. The third-order valence-corrected chi connectivity index (χ3v) is 4.66. The maximum absolute atomic E-state index is 5.36. The molecule has 1 aliphatic rings. The Balaban J connectivity index is 0.00000243. The lowest BCUT2D eigenvalue weighted by molar-refractivity contribution is 0.506. The predicted octanol–water partition coefficient (Wildman–Crippen LogP) is 3.97. The molecular weight excluding hydrogens is 439 g/mol. The SMILES string of the molecule is CN=C(NCCc1ccco1)NC(C)c1cccc(N2CCCC2)c1.I. The van der Waals surface area contributed by atoms with Crippen LogP contribution in [0.5, 0.6) is 0 Å². The number of rotatable bonds is 6. The second-order valence-corrected chi connectivity index (χ2v) is 6.48. The second kappa shape index (κ2) is 10.4. The minimum atomic E-state index is 0. The molecule has 0 amide bonds. The second-order valence-electron chi connectivity index (χ2n) is 6.48. The fourth-order valence-electron chi connectivity index (χ4n) is 3.21. The Hall–Kier alpha value is -1.70. The third-order valence-electron chi connectivity index (χ3n) is 4.66. The summed E-state index contributed by atoms with van der Waals surface area (Å²) in [5, 5.41) is 6.82. The molecule has 0 radical (unpaired) electrons. The molecule has 1 fully saturated rings. The van der Waals surface area contributed by atoms with Gasteiger partial charge in [-0.05, 0) is 49.6 Å². The Morgan fingerprint density at radius 2 is 2.04 bits per heavy atom. The van der Waals surface area contributed by atoms with Gasteiger partial charge in [-0.3, -0.25) is 4.99 Å². The van der Waals surface area contributed by atoms with Gasteiger partial charge in [0.15, 0.2) is 5.96 Å². The lowest BCUT2D eigenvalue weighted by Gasteiger charge is -2.22. The molecule has 3 rings (SSSR count). The van der Waals surface area contributed by atoms with E-state index in [0.717, 1.165) is 24.7 Å². The Bertz CT molecular complexity index is 681. The van der Waals surface area contributed by atoms with E-state index in [9.17, 15) is 0 Å². The monoisotopic (exact) mass is 468 g/mol. The van der Waals surface area contributed by atoms with Gasteiger partial charge in [-0.15, -0.1) is 24.0 Å². The van der Waals surface area contributed by atoms with Crippen LogP contribution in [0, 0.1) is 0 Å². The van der Waals surface area contributed by atoms with Crippen molar-refractivity contribution < 1.29 is 4.42 Å². The van der Waals surface area contributed by atoms with Crippen LogP contribution in [0.2, 0.25) is 0 Å². The highest BCUT2D eigenvalue weighted by Crippen LogP contribution is 2.23. The third kappa shape index (κ3) is 5.65. The summed E-state index contributed by atoms with van der Waals surface area (Å²) in [5.41, 5.74) is 2.60.